The highest BCUT2D eigenvalue weighted by Crippen LogP contribution is 2.31. The van der Waals surface area contributed by atoms with Crippen LogP contribution in [0.4, 0.5) is 18.9 Å². The van der Waals surface area contributed by atoms with Crippen molar-refractivity contribution >= 4 is 29.3 Å². The molecule has 0 aromatic heterocycles. The van der Waals surface area contributed by atoms with Crippen molar-refractivity contribution in [2.75, 3.05) is 5.32 Å². The van der Waals surface area contributed by atoms with E-state index in [1.807, 2.05) is 19.9 Å². The number of nitriles is 1. The molecule has 1 N–H and O–H groups in total. The van der Waals surface area contributed by atoms with E-state index in [1.165, 1.54) is 18.2 Å². The Labute approximate surface area is 195 Å². The van der Waals surface area contributed by atoms with Crippen LogP contribution in [0, 0.1) is 25.2 Å². The van der Waals surface area contributed by atoms with Gasteiger partial charge >= 0.3 is 6.18 Å². The number of nitrogens with one attached hydrogen (secondary N) is 1. The molecule has 0 aliphatic rings. The maximum absolute atomic E-state index is 12.9. The predicted molar refractivity (Wildman–Crippen MR) is 124 cm³/mol. The standard InChI is InChI=1S/C26H20ClF3N2O/c1-16-8-17(2)10-19(9-16)12-20-7-6-18(13-24(20)27)11-21(15-31)25(33)32-23-5-3-4-22(14-23)26(28,29)30/h3-11,13-14H,12H2,1-2H3,(H,32,33)/b21-11+. The zero-order chi connectivity index (χ0) is 24.2. The van der Waals surface area contributed by atoms with E-state index in [2.05, 4.69) is 23.5 Å². The van der Waals surface area contributed by atoms with Gasteiger partial charge in [-0.3, -0.25) is 4.79 Å². The quantitative estimate of drug-likeness (QED) is 0.320. The summed E-state index contributed by atoms with van der Waals surface area (Å²) in [5, 5.41) is 12.2. The highest BCUT2D eigenvalue weighted by Gasteiger charge is 2.30. The van der Waals surface area contributed by atoms with Gasteiger partial charge in [0.1, 0.15) is 11.6 Å². The van der Waals surface area contributed by atoms with E-state index in [-0.39, 0.29) is 11.3 Å². The molecule has 7 heteroatoms. The van der Waals surface area contributed by atoms with E-state index in [9.17, 15) is 23.2 Å². The second-order valence-corrected chi connectivity index (χ2v) is 8.13. The van der Waals surface area contributed by atoms with Crippen molar-refractivity contribution in [2.24, 2.45) is 0 Å². The number of aryl methyl sites for hydroxylation is 2. The fourth-order valence-corrected chi connectivity index (χ4v) is 3.73. The largest absolute Gasteiger partial charge is 0.416 e. The van der Waals surface area contributed by atoms with Gasteiger partial charge < -0.3 is 5.32 Å². The molecule has 0 fully saturated rings. The molecule has 33 heavy (non-hydrogen) atoms. The minimum absolute atomic E-state index is 0.0576. The number of carbonyl (C=O) groups is 1. The Kier molecular flexibility index (Phi) is 7.25. The molecule has 3 rings (SSSR count). The van der Waals surface area contributed by atoms with Crippen molar-refractivity contribution in [3.63, 3.8) is 0 Å². The van der Waals surface area contributed by atoms with E-state index in [0.29, 0.717) is 17.0 Å². The van der Waals surface area contributed by atoms with Crippen LogP contribution in [-0.2, 0) is 17.4 Å². The van der Waals surface area contributed by atoms with Crippen molar-refractivity contribution in [3.8, 4) is 6.07 Å². The Bertz CT molecular complexity index is 1250. The number of hydrogen-bond donors (Lipinski definition) is 1. The second-order valence-electron chi connectivity index (χ2n) is 7.73. The molecule has 0 saturated carbocycles. The molecule has 0 spiro atoms. The first-order valence-electron chi connectivity index (χ1n) is 10.0. The molecule has 3 aromatic carbocycles. The first-order chi connectivity index (χ1) is 15.5. The predicted octanol–water partition coefficient (Wildman–Crippen LogP) is 7.11. The van der Waals surface area contributed by atoms with Crippen LogP contribution in [0.3, 0.4) is 0 Å². The Balaban J connectivity index is 1.79. The molecule has 168 valence electrons. The van der Waals surface area contributed by atoms with Crippen LogP contribution in [0.1, 0.15) is 33.4 Å². The number of benzene rings is 3. The second kappa shape index (κ2) is 9.93. The van der Waals surface area contributed by atoms with Crippen molar-refractivity contribution in [3.05, 3.63) is 105 Å². The monoisotopic (exact) mass is 468 g/mol. The molecule has 0 aliphatic heterocycles. The van der Waals surface area contributed by atoms with Crippen LogP contribution in [0.15, 0.2) is 66.2 Å². The van der Waals surface area contributed by atoms with Crippen LogP contribution < -0.4 is 5.32 Å². The molecule has 0 saturated heterocycles. The normalized spacial score (nSPS) is 11.7. The van der Waals surface area contributed by atoms with Crippen molar-refractivity contribution in [1.82, 2.24) is 0 Å². The first-order valence-corrected chi connectivity index (χ1v) is 10.4. The number of anilines is 1. The molecule has 0 radical (unpaired) electrons. The van der Waals surface area contributed by atoms with Crippen LogP contribution in [-0.4, -0.2) is 5.91 Å². The van der Waals surface area contributed by atoms with Crippen LogP contribution in [0.2, 0.25) is 5.02 Å². The van der Waals surface area contributed by atoms with Crippen LogP contribution >= 0.6 is 11.6 Å². The lowest BCUT2D eigenvalue weighted by atomic mass is 9.99. The van der Waals surface area contributed by atoms with Gasteiger partial charge in [0.2, 0.25) is 0 Å². The van der Waals surface area contributed by atoms with Gasteiger partial charge in [0.15, 0.2) is 0 Å². The zero-order valence-corrected chi connectivity index (χ0v) is 18.7. The molecule has 3 aromatic rings. The number of halogens is 4. The summed E-state index contributed by atoms with van der Waals surface area (Å²) in [7, 11) is 0. The summed E-state index contributed by atoms with van der Waals surface area (Å²) in [4.78, 5) is 12.4. The lowest BCUT2D eigenvalue weighted by Crippen LogP contribution is -2.14. The molecule has 0 unspecified atom stereocenters. The van der Waals surface area contributed by atoms with E-state index < -0.39 is 17.6 Å². The van der Waals surface area contributed by atoms with Gasteiger partial charge in [-0.25, -0.2) is 0 Å². The highest BCUT2D eigenvalue weighted by atomic mass is 35.5. The van der Waals surface area contributed by atoms with Gasteiger partial charge in [-0.05, 0) is 67.3 Å². The van der Waals surface area contributed by atoms with Gasteiger partial charge in [0.25, 0.3) is 5.91 Å². The van der Waals surface area contributed by atoms with E-state index >= 15 is 0 Å². The first kappa shape index (κ1) is 24.1. The zero-order valence-electron chi connectivity index (χ0n) is 17.9. The Morgan fingerprint density at radius 3 is 2.36 bits per heavy atom. The van der Waals surface area contributed by atoms with E-state index in [0.717, 1.165) is 34.4 Å². The Hall–Kier alpha value is -3.56. The number of hydrogen-bond acceptors (Lipinski definition) is 2. The minimum atomic E-state index is -4.54. The van der Waals surface area contributed by atoms with Gasteiger partial charge in [-0.15, -0.1) is 0 Å². The van der Waals surface area contributed by atoms with Gasteiger partial charge in [0, 0.05) is 10.7 Å². The maximum atomic E-state index is 12.9. The summed E-state index contributed by atoms with van der Waals surface area (Å²) >= 11 is 6.44. The lowest BCUT2D eigenvalue weighted by Gasteiger charge is -2.10. The smallest absolute Gasteiger partial charge is 0.321 e. The fourth-order valence-electron chi connectivity index (χ4n) is 3.47. The summed E-state index contributed by atoms with van der Waals surface area (Å²) in [6.07, 6.45) is -2.56. The van der Waals surface area contributed by atoms with Crippen molar-refractivity contribution < 1.29 is 18.0 Å². The van der Waals surface area contributed by atoms with Crippen LogP contribution in [0.5, 0.6) is 0 Å². The number of rotatable bonds is 5. The average Bonchev–Trinajstić information content (AvgIpc) is 2.72. The number of alkyl halides is 3. The van der Waals surface area contributed by atoms with Crippen molar-refractivity contribution in [2.45, 2.75) is 26.4 Å². The Morgan fingerprint density at radius 1 is 1.06 bits per heavy atom. The van der Waals surface area contributed by atoms with Gasteiger partial charge in [-0.2, -0.15) is 18.4 Å². The summed E-state index contributed by atoms with van der Waals surface area (Å²) < 4.78 is 38.6. The molecular weight excluding hydrogens is 449 g/mol. The lowest BCUT2D eigenvalue weighted by molar-refractivity contribution is -0.137. The van der Waals surface area contributed by atoms with Gasteiger partial charge in [-0.1, -0.05) is 59.1 Å². The minimum Gasteiger partial charge on any atom is -0.321 e. The molecule has 0 aliphatic carbocycles. The number of amides is 1. The third-order valence-electron chi connectivity index (χ3n) is 4.88. The highest BCUT2D eigenvalue weighted by molar-refractivity contribution is 6.31. The molecule has 3 nitrogen and oxygen atoms in total. The third-order valence-corrected chi connectivity index (χ3v) is 5.23. The molecule has 0 bridgehead atoms. The maximum Gasteiger partial charge on any atom is 0.416 e. The number of carbonyl (C=O) groups excluding carboxylic acids is 1. The Morgan fingerprint density at radius 2 is 1.76 bits per heavy atom. The fraction of sp³-hybridized carbons (Fsp3) is 0.154. The third kappa shape index (κ3) is 6.47. The molecule has 0 atom stereocenters. The summed E-state index contributed by atoms with van der Waals surface area (Å²) in [6.45, 7) is 4.06. The average molecular weight is 469 g/mol. The summed E-state index contributed by atoms with van der Waals surface area (Å²) in [5.74, 6) is -0.813. The topological polar surface area (TPSA) is 52.9 Å². The number of nitrogens with zero attached hydrogens (tertiary/aromatic N) is 1. The van der Waals surface area contributed by atoms with Gasteiger partial charge in [0.05, 0.1) is 5.56 Å². The molecule has 1 amide bonds. The molecule has 0 heterocycles. The van der Waals surface area contributed by atoms with Crippen LogP contribution in [0.25, 0.3) is 6.08 Å². The van der Waals surface area contributed by atoms with E-state index in [4.69, 9.17) is 11.6 Å². The molecular formula is C26H20ClF3N2O. The summed E-state index contributed by atoms with van der Waals surface area (Å²) in [6, 6.07) is 17.5. The van der Waals surface area contributed by atoms with Crippen molar-refractivity contribution in [1.29, 1.82) is 5.26 Å². The van der Waals surface area contributed by atoms with E-state index in [1.54, 1.807) is 18.2 Å². The summed E-state index contributed by atoms with van der Waals surface area (Å²) in [5.41, 5.74) is 3.65. The SMILES string of the molecule is Cc1cc(C)cc(Cc2ccc(/C=C(\C#N)C(=O)Nc3cccc(C(F)(F)F)c3)cc2Cl)c1.